The zero-order valence-electron chi connectivity index (χ0n) is 12.7. The van der Waals surface area contributed by atoms with Crippen molar-refractivity contribution in [1.29, 1.82) is 0 Å². The van der Waals surface area contributed by atoms with Crippen LogP contribution in [0.1, 0.15) is 45.2 Å². The maximum absolute atomic E-state index is 12.8. The summed E-state index contributed by atoms with van der Waals surface area (Å²) in [6, 6.07) is 5.73. The van der Waals surface area contributed by atoms with Gasteiger partial charge in [-0.3, -0.25) is 4.79 Å². The number of hydrogen-bond acceptors (Lipinski definition) is 2. The molecule has 1 unspecified atom stereocenters. The fourth-order valence-corrected chi connectivity index (χ4v) is 3.26. The van der Waals surface area contributed by atoms with Gasteiger partial charge >= 0.3 is 0 Å². The average Bonchev–Trinajstić information content (AvgIpc) is 2.90. The van der Waals surface area contributed by atoms with E-state index in [9.17, 15) is 4.79 Å². The molecular weight excluding hydrogens is 307 g/mol. The molecule has 1 aromatic carbocycles. The molecule has 1 saturated heterocycles. The highest BCUT2D eigenvalue weighted by Crippen LogP contribution is 2.36. The number of hydrogen-bond donors (Lipinski definition) is 1. The number of rotatable bonds is 4. The molecule has 1 heterocycles. The van der Waals surface area contributed by atoms with Gasteiger partial charge in [-0.2, -0.15) is 0 Å². The molecule has 1 fully saturated rings. The van der Waals surface area contributed by atoms with Gasteiger partial charge in [0.1, 0.15) is 0 Å². The largest absolute Gasteiger partial charge is 0.334 e. The summed E-state index contributed by atoms with van der Waals surface area (Å²) in [5, 5.41) is 4.34. The third-order valence-corrected chi connectivity index (χ3v) is 4.73. The minimum atomic E-state index is -0.548. The summed E-state index contributed by atoms with van der Waals surface area (Å²) in [6.45, 7) is 7.43. The maximum atomic E-state index is 12.8. The normalized spacial score (nSPS) is 19.1. The second-order valence-corrected chi connectivity index (χ2v) is 6.80. The van der Waals surface area contributed by atoms with Crippen molar-refractivity contribution in [3.8, 4) is 0 Å². The lowest BCUT2D eigenvalue weighted by molar-refractivity contribution is -0.138. The number of nitrogens with zero attached hydrogens (tertiary/aromatic N) is 1. The lowest BCUT2D eigenvalue weighted by Gasteiger charge is -2.34. The van der Waals surface area contributed by atoms with Gasteiger partial charge < -0.3 is 10.2 Å². The number of amides is 1. The van der Waals surface area contributed by atoms with Crippen LogP contribution in [-0.4, -0.2) is 29.4 Å². The number of likely N-dealkylation sites (N-methyl/N-ethyl adjacent to an activating group) is 1. The summed E-state index contributed by atoms with van der Waals surface area (Å²) in [4.78, 5) is 14.8. The van der Waals surface area contributed by atoms with Gasteiger partial charge in [0.2, 0.25) is 5.91 Å². The fraction of sp³-hybridized carbons (Fsp3) is 0.562. The van der Waals surface area contributed by atoms with Gasteiger partial charge in [0.15, 0.2) is 0 Å². The zero-order chi connectivity index (χ0) is 15.6. The Labute approximate surface area is 136 Å². The van der Waals surface area contributed by atoms with Crippen molar-refractivity contribution in [2.45, 2.75) is 45.2 Å². The number of nitrogens with one attached hydrogen (secondary N) is 1. The van der Waals surface area contributed by atoms with Crippen molar-refractivity contribution < 1.29 is 4.79 Å². The van der Waals surface area contributed by atoms with Gasteiger partial charge in [-0.05, 0) is 50.9 Å². The predicted octanol–water partition coefficient (Wildman–Crippen LogP) is 4.05. The highest BCUT2D eigenvalue weighted by Gasteiger charge is 2.37. The van der Waals surface area contributed by atoms with Crippen LogP contribution >= 0.6 is 23.2 Å². The molecule has 5 heteroatoms. The fourth-order valence-electron chi connectivity index (χ4n) is 2.95. The molecule has 1 N–H and O–H groups in total. The number of carbonyl (C=O) groups is 1. The van der Waals surface area contributed by atoms with E-state index in [1.165, 1.54) is 0 Å². The van der Waals surface area contributed by atoms with E-state index in [4.69, 9.17) is 23.2 Å². The first-order valence-corrected chi connectivity index (χ1v) is 8.13. The van der Waals surface area contributed by atoms with E-state index in [1.54, 1.807) is 6.07 Å². The summed E-state index contributed by atoms with van der Waals surface area (Å²) < 4.78 is 0. The topological polar surface area (TPSA) is 32.3 Å². The van der Waals surface area contributed by atoms with Crippen LogP contribution in [0.5, 0.6) is 0 Å². The number of likely N-dealkylation sites (tertiary alicyclic amines) is 1. The average molecular weight is 329 g/mol. The van der Waals surface area contributed by atoms with Crippen LogP contribution < -0.4 is 5.32 Å². The van der Waals surface area contributed by atoms with Crippen molar-refractivity contribution in [2.75, 3.05) is 13.1 Å². The summed E-state index contributed by atoms with van der Waals surface area (Å²) >= 11 is 12.1. The maximum Gasteiger partial charge on any atom is 0.242 e. The summed E-state index contributed by atoms with van der Waals surface area (Å²) in [5.41, 5.74) is 0.510. The molecule has 0 aromatic heterocycles. The monoisotopic (exact) mass is 328 g/mol. The number of benzene rings is 1. The quantitative estimate of drug-likeness (QED) is 0.904. The molecule has 1 aliphatic rings. The minimum Gasteiger partial charge on any atom is -0.334 e. The zero-order valence-corrected chi connectivity index (χ0v) is 14.3. The molecule has 1 aromatic rings. The van der Waals surface area contributed by atoms with Gasteiger partial charge in [-0.1, -0.05) is 36.2 Å². The van der Waals surface area contributed by atoms with Gasteiger partial charge in [0.05, 0.1) is 21.6 Å². The van der Waals surface area contributed by atoms with E-state index in [0.29, 0.717) is 10.0 Å². The molecule has 1 atom stereocenters. The van der Waals surface area contributed by atoms with E-state index in [2.05, 4.69) is 5.32 Å². The second kappa shape index (κ2) is 6.55. The van der Waals surface area contributed by atoms with Crippen LogP contribution in [0.3, 0.4) is 0 Å². The van der Waals surface area contributed by atoms with Crippen LogP contribution in [0.25, 0.3) is 0 Å². The molecule has 116 valence electrons. The number of halogens is 2. The standard InChI is InChI=1S/C16H22Cl2N2O/c1-4-19-16(2,3)15(21)20-9-5-6-14(20)11-7-8-12(17)13(18)10-11/h7-8,10,14,19H,4-6,9H2,1-3H3. The highest BCUT2D eigenvalue weighted by molar-refractivity contribution is 6.42. The van der Waals surface area contributed by atoms with Crippen molar-refractivity contribution >= 4 is 29.1 Å². The van der Waals surface area contributed by atoms with Crippen LogP contribution in [0.2, 0.25) is 10.0 Å². The van der Waals surface area contributed by atoms with Gasteiger partial charge in [-0.15, -0.1) is 0 Å². The first-order valence-electron chi connectivity index (χ1n) is 7.38. The number of carbonyl (C=O) groups excluding carboxylic acids is 1. The van der Waals surface area contributed by atoms with Gasteiger partial charge in [-0.25, -0.2) is 0 Å². The van der Waals surface area contributed by atoms with Crippen LogP contribution in [0, 0.1) is 0 Å². The Balaban J connectivity index is 2.24. The van der Waals surface area contributed by atoms with E-state index < -0.39 is 5.54 Å². The summed E-state index contributed by atoms with van der Waals surface area (Å²) in [5.74, 6) is 0.137. The second-order valence-electron chi connectivity index (χ2n) is 5.99. The predicted molar refractivity (Wildman–Crippen MR) is 87.9 cm³/mol. The molecule has 0 spiro atoms. The van der Waals surface area contributed by atoms with Crippen LogP contribution in [0.4, 0.5) is 0 Å². The van der Waals surface area contributed by atoms with Crippen molar-refractivity contribution in [3.63, 3.8) is 0 Å². The molecule has 2 rings (SSSR count). The molecular formula is C16H22Cl2N2O. The third-order valence-electron chi connectivity index (χ3n) is 4.00. The van der Waals surface area contributed by atoms with Crippen molar-refractivity contribution in [3.05, 3.63) is 33.8 Å². The molecule has 3 nitrogen and oxygen atoms in total. The lowest BCUT2D eigenvalue weighted by atomic mass is 10.00. The van der Waals surface area contributed by atoms with E-state index >= 15 is 0 Å². The van der Waals surface area contributed by atoms with Gasteiger partial charge in [0, 0.05) is 6.54 Å². The summed E-state index contributed by atoms with van der Waals surface area (Å²) in [7, 11) is 0. The van der Waals surface area contributed by atoms with E-state index in [-0.39, 0.29) is 11.9 Å². The van der Waals surface area contributed by atoms with Crippen molar-refractivity contribution in [2.24, 2.45) is 0 Å². The molecule has 0 saturated carbocycles. The Hall–Kier alpha value is -0.770. The minimum absolute atomic E-state index is 0.0881. The van der Waals surface area contributed by atoms with Crippen molar-refractivity contribution in [1.82, 2.24) is 10.2 Å². The Morgan fingerprint density at radius 1 is 1.38 bits per heavy atom. The molecule has 1 amide bonds. The van der Waals surface area contributed by atoms with Gasteiger partial charge in [0.25, 0.3) is 0 Å². The first kappa shape index (κ1) is 16.6. The molecule has 1 aliphatic heterocycles. The molecule has 21 heavy (non-hydrogen) atoms. The highest BCUT2D eigenvalue weighted by atomic mass is 35.5. The Morgan fingerprint density at radius 2 is 2.10 bits per heavy atom. The first-order chi connectivity index (χ1) is 9.86. The Morgan fingerprint density at radius 3 is 2.71 bits per heavy atom. The summed E-state index contributed by atoms with van der Waals surface area (Å²) in [6.07, 6.45) is 1.98. The Bertz CT molecular complexity index is 531. The molecule has 0 aliphatic carbocycles. The van der Waals surface area contributed by atoms with Crippen LogP contribution in [-0.2, 0) is 4.79 Å². The van der Waals surface area contributed by atoms with E-state index in [0.717, 1.165) is 31.5 Å². The lowest BCUT2D eigenvalue weighted by Crippen LogP contribution is -2.53. The Kier molecular flexibility index (Phi) is 5.18. The van der Waals surface area contributed by atoms with Crippen LogP contribution in [0.15, 0.2) is 18.2 Å². The molecule has 0 radical (unpaired) electrons. The smallest absolute Gasteiger partial charge is 0.242 e. The third kappa shape index (κ3) is 3.53. The SMILES string of the molecule is CCNC(C)(C)C(=O)N1CCCC1c1ccc(Cl)c(Cl)c1. The molecule has 0 bridgehead atoms. The van der Waals surface area contributed by atoms with E-state index in [1.807, 2.05) is 37.8 Å².